The van der Waals surface area contributed by atoms with Crippen molar-refractivity contribution in [2.75, 3.05) is 13.6 Å². The molecule has 0 amide bonds. The first-order chi connectivity index (χ1) is 13.7. The molecule has 3 aromatic rings. The lowest BCUT2D eigenvalue weighted by molar-refractivity contribution is 0.739. The van der Waals surface area contributed by atoms with Crippen LogP contribution in [0.4, 0.5) is 0 Å². The van der Waals surface area contributed by atoms with Crippen molar-refractivity contribution in [3.05, 3.63) is 89.5 Å². The van der Waals surface area contributed by atoms with E-state index >= 15 is 0 Å². The van der Waals surface area contributed by atoms with Crippen LogP contribution in [0.3, 0.4) is 0 Å². The van der Waals surface area contributed by atoms with Gasteiger partial charge in [-0.25, -0.2) is 4.98 Å². The molecule has 0 aliphatic carbocycles. The molecule has 0 saturated carbocycles. The molecule has 28 heavy (non-hydrogen) atoms. The normalized spacial score (nSPS) is 11.4. The molecule has 5 heteroatoms. The summed E-state index contributed by atoms with van der Waals surface area (Å²) in [6.07, 6.45) is 6.00. The van der Waals surface area contributed by atoms with Crippen molar-refractivity contribution in [1.29, 1.82) is 0 Å². The molecule has 0 aliphatic rings. The van der Waals surface area contributed by atoms with E-state index in [0.717, 1.165) is 44.3 Å². The van der Waals surface area contributed by atoms with Crippen LogP contribution in [-0.4, -0.2) is 29.1 Å². The van der Waals surface area contributed by atoms with Crippen LogP contribution in [-0.2, 0) is 19.5 Å². The average Bonchev–Trinajstić information content (AvgIpc) is 3.13. The molecule has 2 N–H and O–H groups in total. The van der Waals surface area contributed by atoms with E-state index in [-0.39, 0.29) is 0 Å². The summed E-state index contributed by atoms with van der Waals surface area (Å²) in [5.74, 6) is 1.87. The van der Waals surface area contributed by atoms with Gasteiger partial charge in [0.05, 0.1) is 0 Å². The third-order valence-corrected chi connectivity index (χ3v) is 4.73. The minimum absolute atomic E-state index is 0.745. The summed E-state index contributed by atoms with van der Waals surface area (Å²) >= 11 is 0. The van der Waals surface area contributed by atoms with Gasteiger partial charge in [-0.05, 0) is 36.5 Å². The topological polar surface area (TPSA) is 54.2 Å². The molecule has 0 fully saturated rings. The van der Waals surface area contributed by atoms with Crippen LogP contribution in [0, 0.1) is 6.92 Å². The number of guanidine groups is 1. The van der Waals surface area contributed by atoms with Gasteiger partial charge in [-0.15, -0.1) is 0 Å². The number of aliphatic imine (C=N–C) groups is 1. The summed E-state index contributed by atoms with van der Waals surface area (Å²) in [4.78, 5) is 8.61. The number of benzene rings is 2. The van der Waals surface area contributed by atoms with Crippen molar-refractivity contribution >= 4 is 5.96 Å². The lowest BCUT2D eigenvalue weighted by Crippen LogP contribution is -2.37. The molecule has 3 rings (SSSR count). The third kappa shape index (κ3) is 5.98. The standard InChI is InChI=1S/C23H29N5/c1-19-25-14-15-28(19)18-22-11-6-10-21(16-22)17-27-23(24-2)26-13-7-12-20-8-4-3-5-9-20/h3-6,8-11,14-16H,7,12-13,17-18H2,1-2H3,(H2,24,26,27). The fourth-order valence-electron chi connectivity index (χ4n) is 3.16. The molecule has 0 saturated heterocycles. The van der Waals surface area contributed by atoms with E-state index in [4.69, 9.17) is 0 Å². The summed E-state index contributed by atoms with van der Waals surface area (Å²) in [6.45, 7) is 4.51. The second kappa shape index (κ2) is 10.3. The zero-order valence-corrected chi connectivity index (χ0v) is 16.7. The average molecular weight is 376 g/mol. The molecule has 0 aliphatic heterocycles. The second-order valence-electron chi connectivity index (χ2n) is 6.86. The number of aryl methyl sites for hydroxylation is 2. The lowest BCUT2D eigenvalue weighted by atomic mass is 10.1. The van der Waals surface area contributed by atoms with E-state index in [0.29, 0.717) is 0 Å². The summed E-state index contributed by atoms with van der Waals surface area (Å²) in [6, 6.07) is 19.2. The van der Waals surface area contributed by atoms with Gasteiger partial charge in [0.2, 0.25) is 0 Å². The van der Waals surface area contributed by atoms with E-state index in [1.807, 2.05) is 26.4 Å². The first-order valence-corrected chi connectivity index (χ1v) is 9.78. The highest BCUT2D eigenvalue weighted by Crippen LogP contribution is 2.09. The summed E-state index contributed by atoms with van der Waals surface area (Å²) in [5.41, 5.74) is 3.88. The Kier molecular flexibility index (Phi) is 7.24. The second-order valence-corrected chi connectivity index (χ2v) is 6.86. The minimum atomic E-state index is 0.745. The Balaban J connectivity index is 1.44. The number of rotatable bonds is 8. The molecule has 146 valence electrons. The highest BCUT2D eigenvalue weighted by molar-refractivity contribution is 5.79. The first kappa shape index (κ1) is 19.7. The fourth-order valence-corrected chi connectivity index (χ4v) is 3.16. The Labute approximate surface area is 167 Å². The lowest BCUT2D eigenvalue weighted by Gasteiger charge is -2.13. The van der Waals surface area contributed by atoms with Crippen LogP contribution >= 0.6 is 0 Å². The summed E-state index contributed by atoms with van der Waals surface area (Å²) < 4.78 is 2.15. The molecule has 1 aromatic heterocycles. The van der Waals surface area contributed by atoms with Crippen LogP contribution in [0.2, 0.25) is 0 Å². The number of hydrogen-bond acceptors (Lipinski definition) is 2. The quantitative estimate of drug-likeness (QED) is 0.360. The predicted molar refractivity (Wildman–Crippen MR) is 115 cm³/mol. The van der Waals surface area contributed by atoms with Crippen molar-refractivity contribution in [2.45, 2.75) is 32.9 Å². The van der Waals surface area contributed by atoms with E-state index in [9.17, 15) is 0 Å². The molecule has 1 heterocycles. The zero-order chi connectivity index (χ0) is 19.6. The van der Waals surface area contributed by atoms with Gasteiger partial charge < -0.3 is 15.2 Å². The van der Waals surface area contributed by atoms with Gasteiger partial charge in [0.25, 0.3) is 0 Å². The first-order valence-electron chi connectivity index (χ1n) is 9.78. The Morgan fingerprint density at radius 3 is 2.54 bits per heavy atom. The van der Waals surface area contributed by atoms with Gasteiger partial charge >= 0.3 is 0 Å². The molecule has 0 spiro atoms. The van der Waals surface area contributed by atoms with Gasteiger partial charge in [-0.3, -0.25) is 4.99 Å². The number of nitrogens with zero attached hydrogens (tertiary/aromatic N) is 3. The summed E-state index contributed by atoms with van der Waals surface area (Å²) in [7, 11) is 1.81. The predicted octanol–water partition coefficient (Wildman–Crippen LogP) is 3.54. The molecule has 5 nitrogen and oxygen atoms in total. The van der Waals surface area contributed by atoms with E-state index in [2.05, 4.69) is 79.8 Å². The zero-order valence-electron chi connectivity index (χ0n) is 16.7. The number of hydrogen-bond donors (Lipinski definition) is 2. The van der Waals surface area contributed by atoms with Crippen LogP contribution in [0.25, 0.3) is 0 Å². The fraction of sp³-hybridized carbons (Fsp3) is 0.304. The van der Waals surface area contributed by atoms with Crippen molar-refractivity contribution in [3.8, 4) is 0 Å². The molecule has 0 unspecified atom stereocenters. The summed E-state index contributed by atoms with van der Waals surface area (Å²) in [5, 5.41) is 6.80. The van der Waals surface area contributed by atoms with Crippen molar-refractivity contribution in [3.63, 3.8) is 0 Å². The minimum Gasteiger partial charge on any atom is -0.356 e. The van der Waals surface area contributed by atoms with Gasteiger partial charge in [-0.2, -0.15) is 0 Å². The number of aromatic nitrogens is 2. The van der Waals surface area contributed by atoms with Crippen molar-refractivity contribution in [1.82, 2.24) is 20.2 Å². The van der Waals surface area contributed by atoms with Gasteiger partial charge in [0, 0.05) is 39.1 Å². The molecule has 2 aromatic carbocycles. The third-order valence-electron chi connectivity index (χ3n) is 4.73. The monoisotopic (exact) mass is 375 g/mol. The van der Waals surface area contributed by atoms with E-state index in [1.165, 1.54) is 16.7 Å². The number of imidazole rings is 1. The molecular weight excluding hydrogens is 346 g/mol. The van der Waals surface area contributed by atoms with Crippen LogP contribution < -0.4 is 10.6 Å². The Hall–Kier alpha value is -3.08. The van der Waals surface area contributed by atoms with Crippen LogP contribution in [0.5, 0.6) is 0 Å². The van der Waals surface area contributed by atoms with Gasteiger partial charge in [-0.1, -0.05) is 54.6 Å². The Morgan fingerprint density at radius 2 is 1.79 bits per heavy atom. The van der Waals surface area contributed by atoms with E-state index < -0.39 is 0 Å². The maximum absolute atomic E-state index is 4.32. The highest BCUT2D eigenvalue weighted by atomic mass is 15.2. The molecule has 0 atom stereocenters. The maximum atomic E-state index is 4.32. The number of nitrogens with one attached hydrogen (secondary N) is 2. The smallest absolute Gasteiger partial charge is 0.191 e. The van der Waals surface area contributed by atoms with Gasteiger partial charge in [0.1, 0.15) is 5.82 Å². The molecule has 0 bridgehead atoms. The van der Waals surface area contributed by atoms with E-state index in [1.54, 1.807) is 0 Å². The van der Waals surface area contributed by atoms with Crippen molar-refractivity contribution in [2.24, 2.45) is 4.99 Å². The largest absolute Gasteiger partial charge is 0.356 e. The van der Waals surface area contributed by atoms with Crippen LogP contribution in [0.15, 0.2) is 72.0 Å². The Bertz CT molecular complexity index is 883. The molecule has 0 radical (unpaired) electrons. The van der Waals surface area contributed by atoms with Crippen LogP contribution in [0.1, 0.15) is 28.9 Å². The van der Waals surface area contributed by atoms with Crippen molar-refractivity contribution < 1.29 is 0 Å². The maximum Gasteiger partial charge on any atom is 0.191 e. The SMILES string of the molecule is CN=C(NCCCc1ccccc1)NCc1cccc(Cn2ccnc2C)c1. The molecular formula is C23H29N5. The highest BCUT2D eigenvalue weighted by Gasteiger charge is 2.02. The Morgan fingerprint density at radius 1 is 1.00 bits per heavy atom. The van der Waals surface area contributed by atoms with Gasteiger partial charge in [0.15, 0.2) is 5.96 Å².